The second-order valence-corrected chi connectivity index (χ2v) is 4.21. The molecule has 0 saturated heterocycles. The molecule has 0 saturated carbocycles. The maximum Gasteiger partial charge on any atom is 0.305 e. The summed E-state index contributed by atoms with van der Waals surface area (Å²) in [7, 11) is 0. The first-order valence-corrected chi connectivity index (χ1v) is 5.16. The molecule has 0 bridgehead atoms. The van der Waals surface area contributed by atoms with Crippen molar-refractivity contribution in [3.05, 3.63) is 0 Å². The number of nitriles is 1. The molecule has 1 N–H and O–H groups in total. The molecule has 0 unspecified atom stereocenters. The van der Waals surface area contributed by atoms with Crippen LogP contribution in [0.25, 0.3) is 0 Å². The molecule has 0 atom stereocenters. The van der Waals surface area contributed by atoms with Crippen molar-refractivity contribution in [3.63, 3.8) is 0 Å². The topological polar surface area (TPSA) is 87.4 Å². The van der Waals surface area contributed by atoms with Crippen LogP contribution in [0.5, 0.6) is 0 Å². The normalized spacial score (nSPS) is 10.6. The second kappa shape index (κ2) is 6.83. The van der Waals surface area contributed by atoms with Crippen molar-refractivity contribution in [2.75, 3.05) is 6.61 Å². The summed E-state index contributed by atoms with van der Waals surface area (Å²) in [5.41, 5.74) is -0.499. The Bertz CT molecular complexity index is 291. The van der Waals surface area contributed by atoms with E-state index in [1.807, 2.05) is 0 Å². The number of hydrogen-bond donors (Lipinski definition) is 1. The van der Waals surface area contributed by atoms with Gasteiger partial charge in [0.15, 0.2) is 0 Å². The molecule has 0 aromatic rings. The van der Waals surface area contributed by atoms with Crippen molar-refractivity contribution in [1.29, 1.82) is 5.26 Å². The molecule has 0 radical (unpaired) electrons. The van der Waals surface area contributed by atoms with Crippen molar-refractivity contribution in [1.82, 2.24) is 0 Å². The van der Waals surface area contributed by atoms with Gasteiger partial charge in [0.25, 0.3) is 0 Å². The van der Waals surface area contributed by atoms with Gasteiger partial charge in [-0.25, -0.2) is 0 Å². The van der Waals surface area contributed by atoms with Gasteiger partial charge in [-0.2, -0.15) is 5.26 Å². The summed E-state index contributed by atoms with van der Waals surface area (Å²) in [5.74, 6) is -1.33. The molecule has 0 aromatic heterocycles. The van der Waals surface area contributed by atoms with Crippen LogP contribution in [-0.4, -0.2) is 23.7 Å². The minimum Gasteiger partial charge on any atom is -0.481 e. The molecule has 0 aliphatic carbocycles. The van der Waals surface area contributed by atoms with E-state index < -0.39 is 17.4 Å². The Morgan fingerprint density at radius 2 is 2.00 bits per heavy atom. The molecule has 0 aromatic carbocycles. The smallest absolute Gasteiger partial charge is 0.305 e. The van der Waals surface area contributed by atoms with Gasteiger partial charge in [-0.05, 0) is 26.7 Å². The third-order valence-electron chi connectivity index (χ3n) is 2.06. The van der Waals surface area contributed by atoms with E-state index in [1.54, 1.807) is 13.8 Å². The number of carboxylic acids is 1. The van der Waals surface area contributed by atoms with Gasteiger partial charge in [0.2, 0.25) is 0 Å². The zero-order valence-corrected chi connectivity index (χ0v) is 9.65. The Labute approximate surface area is 95.0 Å². The van der Waals surface area contributed by atoms with Crippen LogP contribution >= 0.6 is 0 Å². The fourth-order valence-corrected chi connectivity index (χ4v) is 0.932. The first-order valence-electron chi connectivity index (χ1n) is 5.16. The second-order valence-electron chi connectivity index (χ2n) is 4.21. The van der Waals surface area contributed by atoms with E-state index in [2.05, 4.69) is 6.07 Å². The largest absolute Gasteiger partial charge is 0.481 e. The first kappa shape index (κ1) is 14.4. The van der Waals surface area contributed by atoms with Gasteiger partial charge in [0.1, 0.15) is 0 Å². The van der Waals surface area contributed by atoms with E-state index in [0.29, 0.717) is 6.42 Å². The van der Waals surface area contributed by atoms with Crippen LogP contribution in [-0.2, 0) is 14.3 Å². The number of ether oxygens (including phenoxy) is 1. The SMILES string of the molecule is CC(C)(C#N)CCOC(=O)CCCC(=O)O. The fraction of sp³-hybridized carbons (Fsp3) is 0.727. The van der Waals surface area contributed by atoms with Gasteiger partial charge >= 0.3 is 11.9 Å². The number of carbonyl (C=O) groups excluding carboxylic acids is 1. The van der Waals surface area contributed by atoms with Crippen LogP contribution in [0.1, 0.15) is 39.5 Å². The van der Waals surface area contributed by atoms with Crippen molar-refractivity contribution in [3.8, 4) is 6.07 Å². The zero-order valence-electron chi connectivity index (χ0n) is 9.65. The van der Waals surface area contributed by atoms with E-state index >= 15 is 0 Å². The Balaban J connectivity index is 3.60. The number of nitrogens with zero attached hydrogens (tertiary/aromatic N) is 1. The van der Waals surface area contributed by atoms with E-state index in [4.69, 9.17) is 15.1 Å². The number of carboxylic acid groups (broad SMARTS) is 1. The first-order chi connectivity index (χ1) is 7.37. The lowest BCUT2D eigenvalue weighted by Gasteiger charge is -2.14. The molecular weight excluding hydrogens is 210 g/mol. The molecule has 0 heterocycles. The summed E-state index contributed by atoms with van der Waals surface area (Å²) >= 11 is 0. The molecule has 5 nitrogen and oxygen atoms in total. The number of hydrogen-bond acceptors (Lipinski definition) is 4. The average molecular weight is 227 g/mol. The molecule has 5 heteroatoms. The highest BCUT2D eigenvalue weighted by Gasteiger charge is 2.17. The Hall–Kier alpha value is -1.57. The summed E-state index contributed by atoms with van der Waals surface area (Å²) < 4.78 is 4.88. The molecule has 0 amide bonds. The third-order valence-corrected chi connectivity index (χ3v) is 2.06. The van der Waals surface area contributed by atoms with Crippen LogP contribution < -0.4 is 0 Å². The van der Waals surface area contributed by atoms with Gasteiger partial charge in [-0.1, -0.05) is 0 Å². The van der Waals surface area contributed by atoms with Crippen LogP contribution in [0.15, 0.2) is 0 Å². The van der Waals surface area contributed by atoms with Crippen LogP contribution in [0.3, 0.4) is 0 Å². The fourth-order valence-electron chi connectivity index (χ4n) is 0.932. The zero-order chi connectivity index (χ0) is 12.6. The molecule has 16 heavy (non-hydrogen) atoms. The third kappa shape index (κ3) is 7.80. The number of rotatable bonds is 7. The molecule has 0 fully saturated rings. The highest BCUT2D eigenvalue weighted by Crippen LogP contribution is 2.18. The Morgan fingerprint density at radius 1 is 1.38 bits per heavy atom. The summed E-state index contributed by atoms with van der Waals surface area (Å²) in [6, 6.07) is 2.10. The maximum absolute atomic E-state index is 11.1. The van der Waals surface area contributed by atoms with Crippen molar-refractivity contribution in [2.45, 2.75) is 39.5 Å². The van der Waals surface area contributed by atoms with E-state index in [-0.39, 0.29) is 25.9 Å². The van der Waals surface area contributed by atoms with Gasteiger partial charge in [-0.15, -0.1) is 0 Å². The van der Waals surface area contributed by atoms with Gasteiger partial charge < -0.3 is 9.84 Å². The predicted octanol–water partition coefficient (Wildman–Crippen LogP) is 1.72. The maximum atomic E-state index is 11.1. The van der Waals surface area contributed by atoms with Crippen molar-refractivity contribution in [2.24, 2.45) is 5.41 Å². The van der Waals surface area contributed by atoms with Gasteiger partial charge in [0, 0.05) is 12.8 Å². The van der Waals surface area contributed by atoms with Crippen LogP contribution in [0, 0.1) is 16.7 Å². The van der Waals surface area contributed by atoms with Crippen molar-refractivity contribution < 1.29 is 19.4 Å². The highest BCUT2D eigenvalue weighted by molar-refractivity contribution is 5.71. The standard InChI is InChI=1S/C11H17NO4/c1-11(2,8-12)6-7-16-10(15)5-3-4-9(13)14/h3-7H2,1-2H3,(H,13,14). The minimum absolute atomic E-state index is 0.0290. The predicted molar refractivity (Wildman–Crippen MR) is 56.5 cm³/mol. The number of esters is 1. The van der Waals surface area contributed by atoms with Gasteiger partial charge in [0.05, 0.1) is 18.1 Å². The molecule has 0 rings (SSSR count). The van der Waals surface area contributed by atoms with Crippen molar-refractivity contribution >= 4 is 11.9 Å². The lowest BCUT2D eigenvalue weighted by Crippen LogP contribution is -2.14. The Kier molecular flexibility index (Phi) is 6.16. The summed E-state index contributed by atoms with van der Waals surface area (Å²) in [4.78, 5) is 21.3. The molecule has 0 aliphatic rings. The van der Waals surface area contributed by atoms with Crippen LogP contribution in [0.2, 0.25) is 0 Å². The molecule has 90 valence electrons. The van der Waals surface area contributed by atoms with Crippen LogP contribution in [0.4, 0.5) is 0 Å². The van der Waals surface area contributed by atoms with E-state index in [1.165, 1.54) is 0 Å². The lowest BCUT2D eigenvalue weighted by molar-refractivity contribution is -0.144. The molecule has 0 aliphatic heterocycles. The summed E-state index contributed by atoms with van der Waals surface area (Å²) in [6.07, 6.45) is 0.849. The molecule has 0 spiro atoms. The molecular formula is C11H17NO4. The van der Waals surface area contributed by atoms with Gasteiger partial charge in [-0.3, -0.25) is 9.59 Å². The van der Waals surface area contributed by atoms with E-state index in [0.717, 1.165) is 0 Å². The summed E-state index contributed by atoms with van der Waals surface area (Å²) in [6.45, 7) is 3.74. The van der Waals surface area contributed by atoms with E-state index in [9.17, 15) is 9.59 Å². The quantitative estimate of drug-likeness (QED) is 0.669. The Morgan fingerprint density at radius 3 is 2.50 bits per heavy atom. The summed E-state index contributed by atoms with van der Waals surface area (Å²) in [5, 5.41) is 17.1. The highest BCUT2D eigenvalue weighted by atomic mass is 16.5. The number of aliphatic carboxylic acids is 1. The number of carbonyl (C=O) groups is 2. The minimum atomic E-state index is -0.918. The lowest BCUT2D eigenvalue weighted by atomic mass is 9.92. The average Bonchev–Trinajstić information content (AvgIpc) is 2.17. The monoisotopic (exact) mass is 227 g/mol.